The minimum atomic E-state index is 0.469. The Morgan fingerprint density at radius 3 is 2.59 bits per heavy atom. The van der Waals surface area contributed by atoms with Gasteiger partial charge in [0.2, 0.25) is 0 Å². The van der Waals surface area contributed by atoms with Crippen LogP contribution in [-0.4, -0.2) is 40.0 Å². The molecule has 1 aliphatic rings. The average molecular weight is 243 g/mol. The second-order valence-corrected chi connectivity index (χ2v) is 5.71. The van der Waals surface area contributed by atoms with Gasteiger partial charge in [0.1, 0.15) is 0 Å². The minimum Gasteiger partial charge on any atom is -0.383 e. The Balaban J connectivity index is 2.35. The molecule has 1 aliphatic heterocycles. The third-order valence-corrected chi connectivity index (χ3v) is 3.79. The van der Waals surface area contributed by atoms with Crippen LogP contribution in [0.25, 0.3) is 0 Å². The van der Waals surface area contributed by atoms with Gasteiger partial charge in [0.05, 0.1) is 6.61 Å². The highest BCUT2D eigenvalue weighted by Gasteiger charge is 2.31. The Bertz CT molecular complexity index is 189. The van der Waals surface area contributed by atoms with E-state index in [0.717, 1.165) is 38.8 Å². The van der Waals surface area contributed by atoms with Crippen LogP contribution in [0.3, 0.4) is 0 Å². The zero-order valence-electron chi connectivity index (χ0n) is 11.8. The van der Waals surface area contributed by atoms with Crippen LogP contribution in [0.5, 0.6) is 0 Å². The summed E-state index contributed by atoms with van der Waals surface area (Å²) in [4.78, 5) is 0. The summed E-state index contributed by atoms with van der Waals surface area (Å²) in [6.45, 7) is 9.37. The number of hydrogen-bond acceptors (Lipinski definition) is 3. The van der Waals surface area contributed by atoms with E-state index in [9.17, 15) is 0 Å². The van der Waals surface area contributed by atoms with Crippen molar-refractivity contribution in [2.45, 2.75) is 39.5 Å². The van der Waals surface area contributed by atoms with E-state index in [1.165, 1.54) is 25.7 Å². The van der Waals surface area contributed by atoms with Gasteiger partial charge >= 0.3 is 0 Å². The maximum Gasteiger partial charge on any atom is 0.0587 e. The molecule has 0 unspecified atom stereocenters. The van der Waals surface area contributed by atoms with Gasteiger partial charge in [0, 0.05) is 33.4 Å². The summed E-state index contributed by atoms with van der Waals surface area (Å²) in [6.07, 6.45) is 5.07. The molecule has 0 aromatic rings. The summed E-state index contributed by atoms with van der Waals surface area (Å²) in [5, 5.41) is 3.54. The minimum absolute atomic E-state index is 0.469. The second kappa shape index (κ2) is 8.06. The topological polar surface area (TPSA) is 30.5 Å². The van der Waals surface area contributed by atoms with E-state index in [-0.39, 0.29) is 0 Å². The summed E-state index contributed by atoms with van der Waals surface area (Å²) < 4.78 is 10.6. The van der Waals surface area contributed by atoms with Gasteiger partial charge in [-0.05, 0) is 30.6 Å². The molecule has 102 valence electrons. The first-order valence-corrected chi connectivity index (χ1v) is 6.96. The molecule has 0 saturated carbocycles. The first-order valence-electron chi connectivity index (χ1n) is 6.96. The van der Waals surface area contributed by atoms with Crippen LogP contribution in [-0.2, 0) is 9.47 Å². The van der Waals surface area contributed by atoms with Gasteiger partial charge < -0.3 is 14.8 Å². The van der Waals surface area contributed by atoms with Crippen LogP contribution in [0.4, 0.5) is 0 Å². The molecular weight excluding hydrogens is 214 g/mol. The average Bonchev–Trinajstić information content (AvgIpc) is 2.34. The van der Waals surface area contributed by atoms with Crippen LogP contribution in [0.15, 0.2) is 0 Å². The summed E-state index contributed by atoms with van der Waals surface area (Å²) in [5.74, 6) is 0.800. The molecule has 1 N–H and O–H groups in total. The third kappa shape index (κ3) is 5.84. The molecule has 3 heteroatoms. The van der Waals surface area contributed by atoms with Gasteiger partial charge in [-0.1, -0.05) is 20.3 Å². The molecule has 0 bridgehead atoms. The van der Waals surface area contributed by atoms with E-state index in [1.807, 2.05) is 0 Å². The van der Waals surface area contributed by atoms with Crippen molar-refractivity contribution in [1.82, 2.24) is 5.32 Å². The van der Waals surface area contributed by atoms with Crippen molar-refractivity contribution >= 4 is 0 Å². The fraction of sp³-hybridized carbons (Fsp3) is 1.00. The number of nitrogens with one attached hydrogen (secondary N) is 1. The second-order valence-electron chi connectivity index (χ2n) is 5.71. The van der Waals surface area contributed by atoms with Gasteiger partial charge in [-0.15, -0.1) is 0 Å². The molecule has 17 heavy (non-hydrogen) atoms. The maximum atomic E-state index is 5.51. The van der Waals surface area contributed by atoms with Gasteiger partial charge in [-0.3, -0.25) is 0 Å². The van der Waals surface area contributed by atoms with Gasteiger partial charge in [0.25, 0.3) is 0 Å². The van der Waals surface area contributed by atoms with Crippen molar-refractivity contribution in [2.75, 3.05) is 40.0 Å². The summed E-state index contributed by atoms with van der Waals surface area (Å²) in [6, 6.07) is 0. The lowest BCUT2D eigenvalue weighted by Gasteiger charge is -2.38. The van der Waals surface area contributed by atoms with Crippen LogP contribution >= 0.6 is 0 Å². The number of hydrogen-bond donors (Lipinski definition) is 1. The summed E-state index contributed by atoms with van der Waals surface area (Å²) >= 11 is 0. The lowest BCUT2D eigenvalue weighted by molar-refractivity contribution is 0.00731. The van der Waals surface area contributed by atoms with Crippen molar-refractivity contribution in [3.05, 3.63) is 0 Å². The first kappa shape index (κ1) is 14.9. The van der Waals surface area contributed by atoms with Crippen molar-refractivity contribution < 1.29 is 9.47 Å². The molecule has 1 fully saturated rings. The quantitative estimate of drug-likeness (QED) is 0.664. The SMILES string of the molecule is COCCNCC1(CCC(C)C)CCOCC1. The molecule has 0 aromatic carbocycles. The Morgan fingerprint density at radius 1 is 1.29 bits per heavy atom. The zero-order valence-corrected chi connectivity index (χ0v) is 11.8. The van der Waals surface area contributed by atoms with Crippen molar-refractivity contribution in [2.24, 2.45) is 11.3 Å². The lowest BCUT2D eigenvalue weighted by atomic mass is 9.75. The molecule has 0 spiro atoms. The van der Waals surface area contributed by atoms with E-state index in [2.05, 4.69) is 19.2 Å². The van der Waals surface area contributed by atoms with Crippen molar-refractivity contribution in [3.8, 4) is 0 Å². The highest BCUT2D eigenvalue weighted by atomic mass is 16.5. The molecular formula is C14H29NO2. The highest BCUT2D eigenvalue weighted by molar-refractivity contribution is 4.84. The van der Waals surface area contributed by atoms with Crippen molar-refractivity contribution in [1.29, 1.82) is 0 Å². The molecule has 0 radical (unpaired) electrons. The largest absolute Gasteiger partial charge is 0.383 e. The van der Waals surface area contributed by atoms with Crippen LogP contribution in [0, 0.1) is 11.3 Å². The van der Waals surface area contributed by atoms with E-state index < -0.39 is 0 Å². The predicted molar refractivity (Wildman–Crippen MR) is 71.3 cm³/mol. The molecule has 1 saturated heterocycles. The standard InChI is InChI=1S/C14H29NO2/c1-13(2)4-5-14(6-9-17-10-7-14)12-15-8-11-16-3/h13,15H,4-12H2,1-3H3. The fourth-order valence-corrected chi connectivity index (χ4v) is 2.44. The maximum absolute atomic E-state index is 5.51. The van der Waals surface area contributed by atoms with Gasteiger partial charge in [-0.25, -0.2) is 0 Å². The monoisotopic (exact) mass is 243 g/mol. The van der Waals surface area contributed by atoms with E-state index >= 15 is 0 Å². The first-order chi connectivity index (χ1) is 8.18. The molecule has 3 nitrogen and oxygen atoms in total. The Morgan fingerprint density at radius 2 is 2.00 bits per heavy atom. The number of ether oxygens (including phenoxy) is 2. The zero-order chi connectivity index (χ0) is 12.6. The Labute approximate surface area is 106 Å². The van der Waals surface area contributed by atoms with Crippen LogP contribution in [0.2, 0.25) is 0 Å². The third-order valence-electron chi connectivity index (χ3n) is 3.79. The van der Waals surface area contributed by atoms with Crippen LogP contribution < -0.4 is 5.32 Å². The molecule has 0 atom stereocenters. The van der Waals surface area contributed by atoms with Crippen molar-refractivity contribution in [3.63, 3.8) is 0 Å². The molecule has 0 aliphatic carbocycles. The number of rotatable bonds is 8. The Hall–Kier alpha value is -0.120. The highest BCUT2D eigenvalue weighted by Crippen LogP contribution is 2.35. The van der Waals surface area contributed by atoms with Gasteiger partial charge in [-0.2, -0.15) is 0 Å². The molecule has 0 aromatic heterocycles. The van der Waals surface area contributed by atoms with E-state index in [4.69, 9.17) is 9.47 Å². The fourth-order valence-electron chi connectivity index (χ4n) is 2.44. The molecule has 1 heterocycles. The smallest absolute Gasteiger partial charge is 0.0587 e. The van der Waals surface area contributed by atoms with E-state index in [0.29, 0.717) is 5.41 Å². The normalized spacial score (nSPS) is 19.8. The van der Waals surface area contributed by atoms with Crippen LogP contribution in [0.1, 0.15) is 39.5 Å². The van der Waals surface area contributed by atoms with Gasteiger partial charge in [0.15, 0.2) is 0 Å². The summed E-state index contributed by atoms with van der Waals surface area (Å²) in [5.41, 5.74) is 0.469. The molecule has 1 rings (SSSR count). The lowest BCUT2D eigenvalue weighted by Crippen LogP contribution is -2.40. The summed E-state index contributed by atoms with van der Waals surface area (Å²) in [7, 11) is 1.75. The molecule has 0 amide bonds. The number of methoxy groups -OCH3 is 1. The Kier molecular flexibility index (Phi) is 7.09. The van der Waals surface area contributed by atoms with E-state index in [1.54, 1.807) is 7.11 Å². The predicted octanol–water partition coefficient (Wildman–Crippen LogP) is 2.46.